The molecular formula is C24H25ClN2O2. The number of halogens is 1. The smallest absolute Gasteiger partial charge is 0.242 e. The first-order valence-corrected chi connectivity index (χ1v) is 10.1. The zero-order valence-electron chi connectivity index (χ0n) is 16.7. The molecule has 0 aliphatic carbocycles. The minimum absolute atomic E-state index is 0.0611. The van der Waals surface area contributed by atoms with Crippen molar-refractivity contribution in [1.29, 1.82) is 0 Å². The summed E-state index contributed by atoms with van der Waals surface area (Å²) in [5, 5.41) is 5.56. The molecule has 0 saturated carbocycles. The molecule has 4 nitrogen and oxygen atoms in total. The largest absolute Gasteiger partial charge is 0.357 e. The van der Waals surface area contributed by atoms with Crippen molar-refractivity contribution in [3.63, 3.8) is 0 Å². The van der Waals surface area contributed by atoms with Gasteiger partial charge in [0.2, 0.25) is 11.8 Å². The fourth-order valence-electron chi connectivity index (χ4n) is 3.52. The van der Waals surface area contributed by atoms with Crippen molar-refractivity contribution in [2.24, 2.45) is 0 Å². The number of nitrogens with one attached hydrogen (secondary N) is 1. The van der Waals surface area contributed by atoms with E-state index < -0.39 is 6.04 Å². The van der Waals surface area contributed by atoms with E-state index >= 15 is 0 Å². The van der Waals surface area contributed by atoms with Crippen LogP contribution in [0.25, 0.3) is 10.8 Å². The molecule has 0 aliphatic heterocycles. The van der Waals surface area contributed by atoms with Crippen LogP contribution in [0, 0.1) is 0 Å². The molecule has 1 unspecified atom stereocenters. The highest BCUT2D eigenvalue weighted by atomic mass is 35.5. The van der Waals surface area contributed by atoms with Crippen molar-refractivity contribution in [3.8, 4) is 0 Å². The van der Waals surface area contributed by atoms with Crippen molar-refractivity contribution >= 4 is 34.2 Å². The van der Waals surface area contributed by atoms with Crippen molar-refractivity contribution in [3.05, 3.63) is 82.9 Å². The van der Waals surface area contributed by atoms with E-state index in [1.165, 1.54) is 0 Å². The molecule has 3 aromatic carbocycles. The van der Waals surface area contributed by atoms with Gasteiger partial charge in [0, 0.05) is 25.0 Å². The van der Waals surface area contributed by atoms with Gasteiger partial charge in [0.15, 0.2) is 0 Å². The highest BCUT2D eigenvalue weighted by molar-refractivity contribution is 6.30. The Bertz CT molecular complexity index is 1010. The number of hydrogen-bond acceptors (Lipinski definition) is 2. The van der Waals surface area contributed by atoms with Gasteiger partial charge in [0.1, 0.15) is 6.04 Å². The van der Waals surface area contributed by atoms with Crippen LogP contribution in [0.3, 0.4) is 0 Å². The third-order valence-corrected chi connectivity index (χ3v) is 5.38. The Balaban J connectivity index is 1.79. The highest BCUT2D eigenvalue weighted by Crippen LogP contribution is 2.21. The molecule has 0 spiro atoms. The summed E-state index contributed by atoms with van der Waals surface area (Å²) < 4.78 is 0. The Morgan fingerprint density at radius 3 is 2.52 bits per heavy atom. The first kappa shape index (κ1) is 20.9. The molecule has 0 saturated heterocycles. The van der Waals surface area contributed by atoms with Crippen LogP contribution in [0.5, 0.6) is 0 Å². The van der Waals surface area contributed by atoms with Crippen molar-refractivity contribution in [2.75, 3.05) is 7.05 Å². The van der Waals surface area contributed by atoms with Crippen molar-refractivity contribution in [2.45, 2.75) is 32.4 Å². The maximum atomic E-state index is 13.1. The highest BCUT2D eigenvalue weighted by Gasteiger charge is 2.25. The molecule has 29 heavy (non-hydrogen) atoms. The van der Waals surface area contributed by atoms with E-state index in [-0.39, 0.29) is 11.8 Å². The van der Waals surface area contributed by atoms with Crippen LogP contribution < -0.4 is 5.32 Å². The van der Waals surface area contributed by atoms with Crippen molar-refractivity contribution in [1.82, 2.24) is 10.2 Å². The average molecular weight is 409 g/mol. The Morgan fingerprint density at radius 1 is 1.03 bits per heavy atom. The number of benzene rings is 3. The van der Waals surface area contributed by atoms with Gasteiger partial charge >= 0.3 is 0 Å². The third-order valence-electron chi connectivity index (χ3n) is 5.14. The third kappa shape index (κ3) is 5.15. The number of carbonyl (C=O) groups excluding carboxylic acids is 2. The normalized spacial score (nSPS) is 11.8. The van der Waals surface area contributed by atoms with Crippen LogP contribution in [-0.4, -0.2) is 29.8 Å². The predicted octanol–water partition coefficient (Wildman–Crippen LogP) is 4.59. The number of carbonyl (C=O) groups is 2. The fraction of sp³-hybridized carbons (Fsp3) is 0.250. The Morgan fingerprint density at radius 2 is 1.76 bits per heavy atom. The molecule has 1 atom stereocenters. The number of amides is 2. The summed E-state index contributed by atoms with van der Waals surface area (Å²) in [5.41, 5.74) is 2.03. The summed E-state index contributed by atoms with van der Waals surface area (Å²) in [5.74, 6) is -0.250. The molecule has 0 fully saturated rings. The molecule has 1 N–H and O–H groups in total. The van der Waals surface area contributed by atoms with Crippen molar-refractivity contribution < 1.29 is 9.59 Å². The number of hydrogen-bond donors (Lipinski definition) is 1. The molecule has 0 radical (unpaired) electrons. The lowest BCUT2D eigenvalue weighted by atomic mass is 10.0. The Kier molecular flexibility index (Phi) is 6.89. The average Bonchev–Trinajstić information content (AvgIpc) is 2.74. The van der Waals surface area contributed by atoms with Gasteiger partial charge < -0.3 is 10.2 Å². The topological polar surface area (TPSA) is 49.4 Å². The summed E-state index contributed by atoms with van der Waals surface area (Å²) in [6.07, 6.45) is 0.947. The number of fused-ring (bicyclic) bond motifs is 1. The second kappa shape index (κ2) is 9.57. The quantitative estimate of drug-likeness (QED) is 0.621. The van der Waals surface area contributed by atoms with E-state index in [2.05, 4.69) is 29.6 Å². The predicted molar refractivity (Wildman–Crippen MR) is 118 cm³/mol. The van der Waals surface area contributed by atoms with E-state index in [1.807, 2.05) is 36.4 Å². The van der Waals surface area contributed by atoms with Crippen LogP contribution in [-0.2, 0) is 22.6 Å². The molecule has 3 aromatic rings. The summed E-state index contributed by atoms with van der Waals surface area (Å²) >= 11 is 6.09. The van der Waals surface area contributed by atoms with Gasteiger partial charge in [-0.3, -0.25) is 9.59 Å². The lowest BCUT2D eigenvalue weighted by molar-refractivity contribution is -0.140. The van der Waals surface area contributed by atoms with Gasteiger partial charge in [-0.2, -0.15) is 0 Å². The zero-order chi connectivity index (χ0) is 20.8. The van der Waals surface area contributed by atoms with E-state index in [1.54, 1.807) is 24.9 Å². The molecular weight excluding hydrogens is 384 g/mol. The van der Waals surface area contributed by atoms with Gasteiger partial charge in [0.05, 0.1) is 0 Å². The molecule has 0 aliphatic rings. The maximum Gasteiger partial charge on any atom is 0.242 e. The lowest BCUT2D eigenvalue weighted by Gasteiger charge is -2.28. The Hall–Kier alpha value is -2.85. The molecule has 150 valence electrons. The summed E-state index contributed by atoms with van der Waals surface area (Å²) in [6.45, 7) is 2.09. The second-order valence-corrected chi connectivity index (χ2v) is 7.52. The molecule has 2 amide bonds. The second-order valence-electron chi connectivity index (χ2n) is 7.08. The van der Waals surface area contributed by atoms with Crippen LogP contribution in [0.15, 0.2) is 66.7 Å². The first-order valence-electron chi connectivity index (χ1n) is 9.71. The van der Waals surface area contributed by atoms with E-state index in [9.17, 15) is 9.59 Å². The number of likely N-dealkylation sites (N-methyl/N-ethyl adjacent to an activating group) is 1. The summed E-state index contributed by atoms with van der Waals surface area (Å²) in [4.78, 5) is 27.0. The van der Waals surface area contributed by atoms with Gasteiger partial charge in [-0.15, -0.1) is 0 Å². The van der Waals surface area contributed by atoms with Crippen LogP contribution in [0.4, 0.5) is 0 Å². The molecule has 0 aromatic heterocycles. The monoisotopic (exact) mass is 408 g/mol. The fourth-order valence-corrected chi connectivity index (χ4v) is 3.73. The maximum absolute atomic E-state index is 13.1. The van der Waals surface area contributed by atoms with Gasteiger partial charge in [0.25, 0.3) is 0 Å². The molecule has 5 heteroatoms. The minimum atomic E-state index is -0.570. The van der Waals surface area contributed by atoms with Crippen LogP contribution >= 0.6 is 11.6 Å². The number of nitrogens with zero attached hydrogens (tertiary/aromatic N) is 1. The SMILES string of the molecule is CNC(=O)C(C)N(Cc1cccc(Cl)c1)C(=O)CCc1cccc2ccccc12. The molecule has 0 heterocycles. The minimum Gasteiger partial charge on any atom is -0.357 e. The van der Waals surface area contributed by atoms with Gasteiger partial charge in [-0.05, 0) is 47.4 Å². The van der Waals surface area contributed by atoms with E-state index in [4.69, 9.17) is 11.6 Å². The first-order chi connectivity index (χ1) is 14.0. The lowest BCUT2D eigenvalue weighted by Crippen LogP contribution is -2.46. The number of rotatable bonds is 7. The van der Waals surface area contributed by atoms with Gasteiger partial charge in [-0.1, -0.05) is 66.2 Å². The summed E-state index contributed by atoms with van der Waals surface area (Å²) in [6, 6.07) is 21.1. The standard InChI is InChI=1S/C24H25ClN2O2/c1-17(24(29)26-2)27(16-18-7-5-11-21(25)15-18)23(28)14-13-20-10-6-9-19-8-3-4-12-22(19)20/h3-12,15,17H,13-14,16H2,1-2H3,(H,26,29). The Labute approximate surface area is 176 Å². The van der Waals surface area contributed by atoms with E-state index in [0.29, 0.717) is 24.4 Å². The van der Waals surface area contributed by atoms with Crippen LogP contribution in [0.1, 0.15) is 24.5 Å². The molecule has 0 bridgehead atoms. The van der Waals surface area contributed by atoms with Gasteiger partial charge in [-0.25, -0.2) is 0 Å². The summed E-state index contributed by atoms with van der Waals surface area (Å²) in [7, 11) is 1.58. The number of aryl methyl sites for hydroxylation is 1. The van der Waals surface area contributed by atoms with E-state index in [0.717, 1.165) is 21.9 Å². The van der Waals surface area contributed by atoms with Crippen LogP contribution in [0.2, 0.25) is 5.02 Å². The molecule has 3 rings (SSSR count). The zero-order valence-corrected chi connectivity index (χ0v) is 17.4.